The van der Waals surface area contributed by atoms with Crippen LogP contribution < -0.4 is 4.99 Å². The number of hydrogen-bond acceptors (Lipinski definition) is 2. The minimum absolute atomic E-state index is 0.751. The molecule has 0 aromatic carbocycles. The second-order valence-electron chi connectivity index (χ2n) is 1.59. The fraction of sp³-hybridized carbons (Fsp3) is 0.333. The van der Waals surface area contributed by atoms with E-state index in [9.17, 15) is 0 Å². The Kier molecular flexibility index (Phi) is 1.24. The Bertz CT molecular complexity index is 172. The van der Waals surface area contributed by atoms with E-state index in [0.29, 0.717) is 0 Å². The molecular weight excluding hydrogens is 100 g/mol. The predicted octanol–water partition coefficient (Wildman–Crippen LogP) is 0.409. The monoisotopic (exact) mass is 106 g/mol. The van der Waals surface area contributed by atoms with Crippen LogP contribution in [0.15, 0.2) is 10.7 Å². The van der Waals surface area contributed by atoms with E-state index in [1.165, 1.54) is 0 Å². The van der Waals surface area contributed by atoms with Crippen molar-refractivity contribution in [3.8, 4) is 0 Å². The Labute approximate surface area is 48.7 Å². The minimum Gasteiger partial charge on any atom is -0.0467 e. The zero-order chi connectivity index (χ0) is 5.98. The largest absolute Gasteiger partial charge is 0.337 e. The fourth-order valence-corrected chi connectivity index (χ4v) is 0.485. The lowest BCUT2D eigenvalue weighted by atomic mass is 10.4. The number of rotatable bonds is 0. The first kappa shape index (κ1) is 5.22. The van der Waals surface area contributed by atoms with E-state index < -0.39 is 0 Å². The zero-order valence-electron chi connectivity index (χ0n) is 4.89. The van der Waals surface area contributed by atoms with Crippen LogP contribution in [0.4, 0.5) is 0 Å². The summed E-state index contributed by atoms with van der Waals surface area (Å²) in [6, 6.07) is 0. The summed E-state index contributed by atoms with van der Waals surface area (Å²) in [5.74, 6) is 0.751. The summed E-state index contributed by atoms with van der Waals surface area (Å²) >= 11 is 0. The summed E-state index contributed by atoms with van der Waals surface area (Å²) in [4.78, 5) is 7.72. The third kappa shape index (κ3) is 1.03. The van der Waals surface area contributed by atoms with E-state index in [1.54, 1.807) is 0 Å². The Morgan fingerprint density at radius 3 is 2.62 bits per heavy atom. The Hall–Kier alpha value is -0.920. The molecule has 0 fully saturated rings. The second-order valence-corrected chi connectivity index (χ2v) is 1.59. The Morgan fingerprint density at radius 1 is 1.50 bits per heavy atom. The average Bonchev–Trinajstić information content (AvgIpc) is 1.64. The first-order valence-corrected chi connectivity index (χ1v) is 2.39. The van der Waals surface area contributed by atoms with Gasteiger partial charge >= 0.3 is 5.84 Å². The maximum Gasteiger partial charge on any atom is 0.337 e. The molecule has 1 aliphatic rings. The molecule has 1 rings (SSSR count). The van der Waals surface area contributed by atoms with E-state index in [2.05, 4.69) is 22.3 Å². The molecule has 3 radical (unpaired) electrons. The van der Waals surface area contributed by atoms with Gasteiger partial charge in [-0.1, -0.05) is 0 Å². The molecule has 0 saturated heterocycles. The molecule has 1 heterocycles. The van der Waals surface area contributed by atoms with Gasteiger partial charge < -0.3 is 0 Å². The molecule has 0 bridgehead atoms. The van der Waals surface area contributed by atoms with Crippen LogP contribution in [0.1, 0.15) is 13.8 Å². The summed E-state index contributed by atoms with van der Waals surface area (Å²) in [5, 5.41) is 0. The smallest absolute Gasteiger partial charge is 0.0467 e. The molecule has 0 spiro atoms. The molecule has 0 aromatic heterocycles. The number of hydrogen-bond donors (Lipinski definition) is 0. The molecule has 0 saturated carbocycles. The van der Waals surface area contributed by atoms with Crippen molar-refractivity contribution >= 4 is 12.1 Å². The molecule has 0 N–H and O–H groups in total. The van der Waals surface area contributed by atoms with Crippen LogP contribution in [-0.4, -0.2) is 12.1 Å². The first-order valence-electron chi connectivity index (χ1n) is 2.39. The fourth-order valence-electron chi connectivity index (χ4n) is 0.485. The van der Waals surface area contributed by atoms with Crippen molar-refractivity contribution in [1.82, 2.24) is 4.99 Å². The van der Waals surface area contributed by atoms with E-state index in [-0.39, 0.29) is 0 Å². The molecule has 0 aromatic rings. The van der Waals surface area contributed by atoms with Gasteiger partial charge in [-0.2, -0.15) is 0 Å². The highest BCUT2D eigenvalue weighted by Crippen LogP contribution is 1.93. The highest BCUT2D eigenvalue weighted by Gasteiger charge is 2.05. The van der Waals surface area contributed by atoms with Crippen LogP contribution in [0.3, 0.4) is 0 Å². The van der Waals surface area contributed by atoms with Crippen LogP contribution in [0, 0.1) is 6.08 Å². The third-order valence-corrected chi connectivity index (χ3v) is 0.784. The van der Waals surface area contributed by atoms with Gasteiger partial charge in [-0.05, 0) is 9.98 Å². The number of nitrogens with zero attached hydrogens (tertiary/aromatic N) is 2. The maximum atomic E-state index is 3.98. The maximum absolute atomic E-state index is 3.98. The van der Waals surface area contributed by atoms with Crippen molar-refractivity contribution in [3.63, 3.8) is 0 Å². The minimum atomic E-state index is 0.751. The summed E-state index contributed by atoms with van der Waals surface area (Å²) < 4.78 is 0. The van der Waals surface area contributed by atoms with Gasteiger partial charge in [0.15, 0.2) is 5.70 Å². The van der Waals surface area contributed by atoms with Crippen molar-refractivity contribution in [3.05, 3.63) is 11.8 Å². The van der Waals surface area contributed by atoms with E-state index in [1.807, 2.05) is 13.8 Å². The lowest BCUT2D eigenvalue weighted by Crippen LogP contribution is -2.04. The molecule has 0 atom stereocenters. The van der Waals surface area contributed by atoms with Crippen LogP contribution >= 0.6 is 0 Å². The highest BCUT2D eigenvalue weighted by atomic mass is 14.9. The van der Waals surface area contributed by atoms with Crippen LogP contribution in [0.25, 0.3) is 0 Å². The molecule has 2 nitrogen and oxygen atoms in total. The SMILES string of the molecule is CC1=[C][C]=[N+]C(C)=N1. The second kappa shape index (κ2) is 1.90. The number of aliphatic imine (C=N–C) groups is 2. The van der Waals surface area contributed by atoms with Gasteiger partial charge in [0.1, 0.15) is 0 Å². The topological polar surface area (TPSA) is 26.5 Å². The zero-order valence-corrected chi connectivity index (χ0v) is 4.89. The van der Waals surface area contributed by atoms with Gasteiger partial charge in [0, 0.05) is 13.8 Å². The normalized spacial score (nSPS) is 17.8. The van der Waals surface area contributed by atoms with Gasteiger partial charge in [0.05, 0.1) is 6.08 Å². The van der Waals surface area contributed by atoms with Crippen LogP contribution in [0.5, 0.6) is 0 Å². The molecule has 0 unspecified atom stereocenters. The van der Waals surface area contributed by atoms with Crippen molar-refractivity contribution in [1.29, 1.82) is 0 Å². The Balaban J connectivity index is 2.89. The molecule has 8 heavy (non-hydrogen) atoms. The number of amidine groups is 1. The van der Waals surface area contributed by atoms with Crippen molar-refractivity contribution in [2.75, 3.05) is 0 Å². The quantitative estimate of drug-likeness (QED) is 0.427. The van der Waals surface area contributed by atoms with Crippen molar-refractivity contribution in [2.45, 2.75) is 13.8 Å². The summed E-state index contributed by atoms with van der Waals surface area (Å²) in [5.41, 5.74) is 0.845. The summed E-state index contributed by atoms with van der Waals surface area (Å²) in [7, 11) is 0. The van der Waals surface area contributed by atoms with Gasteiger partial charge in [0.25, 0.3) is 0 Å². The molecule has 1 aliphatic heterocycles. The van der Waals surface area contributed by atoms with Crippen molar-refractivity contribution < 1.29 is 0 Å². The first-order chi connectivity index (χ1) is 3.79. The molecule has 0 amide bonds. The number of allylic oxidation sites excluding steroid dienone is 2. The van der Waals surface area contributed by atoms with E-state index in [4.69, 9.17) is 0 Å². The summed E-state index contributed by atoms with van der Waals surface area (Å²) in [6.07, 6.45) is 5.32. The van der Waals surface area contributed by atoms with Crippen LogP contribution in [-0.2, 0) is 0 Å². The van der Waals surface area contributed by atoms with E-state index >= 15 is 0 Å². The highest BCUT2D eigenvalue weighted by molar-refractivity contribution is 5.89. The summed E-state index contributed by atoms with van der Waals surface area (Å²) in [6.45, 7) is 3.70. The molecule has 0 aliphatic carbocycles. The van der Waals surface area contributed by atoms with Gasteiger partial charge in [-0.15, -0.1) is 0 Å². The molecular formula is C6H6N2+. The van der Waals surface area contributed by atoms with Crippen molar-refractivity contribution in [2.24, 2.45) is 4.99 Å². The van der Waals surface area contributed by atoms with Gasteiger partial charge in [-0.3, -0.25) is 0 Å². The average molecular weight is 106 g/mol. The Morgan fingerprint density at radius 2 is 2.25 bits per heavy atom. The lowest BCUT2D eigenvalue weighted by Gasteiger charge is -1.80. The molecule has 2 heteroatoms. The van der Waals surface area contributed by atoms with Gasteiger partial charge in [0.2, 0.25) is 6.21 Å². The van der Waals surface area contributed by atoms with Crippen LogP contribution in [0.2, 0.25) is 0 Å². The van der Waals surface area contributed by atoms with Gasteiger partial charge in [-0.25, -0.2) is 0 Å². The molecule has 39 valence electrons. The van der Waals surface area contributed by atoms with E-state index in [0.717, 1.165) is 11.5 Å². The third-order valence-electron chi connectivity index (χ3n) is 0.784. The standard InChI is InChI=1S/C6H6N2/c1-5-3-4-7-6(2)8-5/h1-2H3/q+1. The predicted molar refractivity (Wildman–Crippen MR) is 32.7 cm³/mol. The lowest BCUT2D eigenvalue weighted by molar-refractivity contribution is 1.23.